The van der Waals surface area contributed by atoms with Crippen molar-refractivity contribution in [3.63, 3.8) is 0 Å². The lowest BCUT2D eigenvalue weighted by molar-refractivity contribution is 0.173. The lowest BCUT2D eigenvalue weighted by atomic mass is 9.79. The van der Waals surface area contributed by atoms with Crippen molar-refractivity contribution >= 4 is 0 Å². The maximum atomic E-state index is 8.86. The first kappa shape index (κ1) is 11.0. The molecule has 0 heterocycles. The molecule has 0 aliphatic carbocycles. The molecule has 68 valence electrons. The van der Waals surface area contributed by atoms with Crippen molar-refractivity contribution < 1.29 is 5.11 Å². The summed E-state index contributed by atoms with van der Waals surface area (Å²) in [7, 11) is 0. The van der Waals surface area contributed by atoms with Crippen LogP contribution >= 0.6 is 0 Å². The van der Waals surface area contributed by atoms with Crippen LogP contribution in [0.4, 0.5) is 0 Å². The van der Waals surface area contributed by atoms with E-state index < -0.39 is 0 Å². The average Bonchev–Trinajstić information content (AvgIpc) is 1.88. The lowest BCUT2D eigenvalue weighted by Gasteiger charge is -2.27. The van der Waals surface area contributed by atoms with E-state index in [1.54, 1.807) is 0 Å². The summed E-state index contributed by atoms with van der Waals surface area (Å²) in [5, 5.41) is 8.86. The molecule has 0 spiro atoms. The van der Waals surface area contributed by atoms with E-state index in [1.807, 2.05) is 0 Å². The smallest absolute Gasteiger partial charge is 0.0436 e. The molecule has 1 nitrogen and oxygen atoms in total. The molecule has 0 radical (unpaired) electrons. The van der Waals surface area contributed by atoms with Crippen LogP contribution in [0.2, 0.25) is 0 Å². The molecular formula is C10H22O. The van der Waals surface area contributed by atoms with Crippen molar-refractivity contribution in [3.05, 3.63) is 0 Å². The molecule has 0 bridgehead atoms. The molecule has 0 saturated carbocycles. The lowest BCUT2D eigenvalue weighted by Crippen LogP contribution is -2.17. The number of aliphatic hydroxyl groups excluding tert-OH is 1. The third-order valence-corrected chi connectivity index (χ3v) is 2.42. The van der Waals surface area contributed by atoms with Gasteiger partial charge in [0, 0.05) is 6.61 Å². The Bertz CT molecular complexity index is 71.9. The van der Waals surface area contributed by atoms with E-state index >= 15 is 0 Å². The van der Waals surface area contributed by atoms with Gasteiger partial charge in [-0.15, -0.1) is 0 Å². The molecule has 1 heteroatoms. The van der Waals surface area contributed by atoms with Gasteiger partial charge in [0.15, 0.2) is 0 Å². The summed E-state index contributed by atoms with van der Waals surface area (Å²) in [4.78, 5) is 0. The van der Waals surface area contributed by atoms with E-state index in [0.717, 1.165) is 6.42 Å². The van der Waals surface area contributed by atoms with Gasteiger partial charge in [-0.05, 0) is 24.7 Å². The van der Waals surface area contributed by atoms with E-state index in [1.165, 1.54) is 25.7 Å². The van der Waals surface area contributed by atoms with Gasteiger partial charge in [-0.2, -0.15) is 0 Å². The van der Waals surface area contributed by atoms with Crippen molar-refractivity contribution in [1.82, 2.24) is 0 Å². The molecule has 0 rings (SSSR count). The van der Waals surface area contributed by atoms with E-state index in [-0.39, 0.29) is 0 Å². The standard InChI is InChI=1S/C10H22O/c1-4-6-10(3,7-5-2)8-9-11/h11H,4-9H2,1-3H3. The van der Waals surface area contributed by atoms with Crippen LogP contribution in [0.5, 0.6) is 0 Å². The number of rotatable bonds is 6. The maximum Gasteiger partial charge on any atom is 0.0436 e. The summed E-state index contributed by atoms with van der Waals surface area (Å²) in [6.45, 7) is 7.06. The predicted octanol–water partition coefficient (Wildman–Crippen LogP) is 2.98. The van der Waals surface area contributed by atoms with Gasteiger partial charge >= 0.3 is 0 Å². The molecule has 0 unspecified atom stereocenters. The highest BCUT2D eigenvalue weighted by atomic mass is 16.3. The minimum Gasteiger partial charge on any atom is -0.396 e. The second-order valence-corrected chi connectivity index (χ2v) is 3.78. The SMILES string of the molecule is CCCC(C)(CCC)CCO. The van der Waals surface area contributed by atoms with Gasteiger partial charge in [0.25, 0.3) is 0 Å². The predicted molar refractivity (Wildman–Crippen MR) is 49.6 cm³/mol. The van der Waals surface area contributed by atoms with E-state index in [4.69, 9.17) is 5.11 Å². The molecule has 0 aromatic heterocycles. The Morgan fingerprint density at radius 2 is 1.45 bits per heavy atom. The van der Waals surface area contributed by atoms with Crippen molar-refractivity contribution in [3.8, 4) is 0 Å². The molecule has 1 N–H and O–H groups in total. The highest BCUT2D eigenvalue weighted by Gasteiger charge is 2.20. The van der Waals surface area contributed by atoms with Crippen molar-refractivity contribution in [1.29, 1.82) is 0 Å². The fourth-order valence-corrected chi connectivity index (χ4v) is 1.85. The Morgan fingerprint density at radius 1 is 1.00 bits per heavy atom. The highest BCUT2D eigenvalue weighted by molar-refractivity contribution is 4.72. The van der Waals surface area contributed by atoms with Crippen LogP contribution in [0.1, 0.15) is 52.9 Å². The summed E-state index contributed by atoms with van der Waals surface area (Å²) in [5.41, 5.74) is 0.401. The Labute approximate surface area is 70.8 Å². The topological polar surface area (TPSA) is 20.2 Å². The summed E-state index contributed by atoms with van der Waals surface area (Å²) in [6.07, 6.45) is 5.94. The Balaban J connectivity index is 3.79. The van der Waals surface area contributed by atoms with E-state index in [9.17, 15) is 0 Å². The Kier molecular flexibility index (Phi) is 5.57. The van der Waals surface area contributed by atoms with Crippen LogP contribution in [0.15, 0.2) is 0 Å². The molecule has 0 saturated heterocycles. The fraction of sp³-hybridized carbons (Fsp3) is 1.00. The summed E-state index contributed by atoms with van der Waals surface area (Å²) in [6, 6.07) is 0. The third kappa shape index (κ3) is 4.41. The van der Waals surface area contributed by atoms with Gasteiger partial charge in [0.05, 0.1) is 0 Å². The van der Waals surface area contributed by atoms with Gasteiger partial charge in [0.2, 0.25) is 0 Å². The van der Waals surface area contributed by atoms with E-state index in [0.29, 0.717) is 12.0 Å². The largest absolute Gasteiger partial charge is 0.396 e. The average molecular weight is 158 g/mol. The van der Waals surface area contributed by atoms with Gasteiger partial charge < -0.3 is 5.11 Å². The minimum absolute atomic E-state index is 0.344. The fourth-order valence-electron chi connectivity index (χ4n) is 1.85. The summed E-state index contributed by atoms with van der Waals surface area (Å²) < 4.78 is 0. The van der Waals surface area contributed by atoms with Crippen LogP contribution in [-0.2, 0) is 0 Å². The molecule has 0 atom stereocenters. The Morgan fingerprint density at radius 3 is 1.73 bits per heavy atom. The number of aliphatic hydroxyl groups is 1. The first-order valence-corrected chi connectivity index (χ1v) is 4.79. The molecular weight excluding hydrogens is 136 g/mol. The molecule has 0 aliphatic rings. The zero-order valence-corrected chi connectivity index (χ0v) is 8.19. The van der Waals surface area contributed by atoms with Gasteiger partial charge in [0.1, 0.15) is 0 Å². The molecule has 0 amide bonds. The summed E-state index contributed by atoms with van der Waals surface area (Å²) in [5.74, 6) is 0. The van der Waals surface area contributed by atoms with Gasteiger partial charge in [-0.3, -0.25) is 0 Å². The number of hydrogen-bond acceptors (Lipinski definition) is 1. The maximum absolute atomic E-state index is 8.86. The second-order valence-electron chi connectivity index (χ2n) is 3.78. The Hall–Kier alpha value is -0.0400. The first-order chi connectivity index (χ1) is 5.18. The summed E-state index contributed by atoms with van der Waals surface area (Å²) >= 11 is 0. The van der Waals surface area contributed by atoms with Crippen LogP contribution in [0.25, 0.3) is 0 Å². The van der Waals surface area contributed by atoms with Crippen molar-refractivity contribution in [2.75, 3.05) is 6.61 Å². The van der Waals surface area contributed by atoms with Crippen LogP contribution in [0, 0.1) is 5.41 Å². The van der Waals surface area contributed by atoms with Crippen LogP contribution < -0.4 is 0 Å². The van der Waals surface area contributed by atoms with E-state index in [2.05, 4.69) is 20.8 Å². The van der Waals surface area contributed by atoms with Crippen LogP contribution in [-0.4, -0.2) is 11.7 Å². The highest BCUT2D eigenvalue weighted by Crippen LogP contribution is 2.32. The van der Waals surface area contributed by atoms with Crippen LogP contribution in [0.3, 0.4) is 0 Å². The minimum atomic E-state index is 0.344. The third-order valence-electron chi connectivity index (χ3n) is 2.42. The molecule has 0 aliphatic heterocycles. The zero-order chi connectivity index (χ0) is 8.74. The molecule has 0 fully saturated rings. The quantitative estimate of drug-likeness (QED) is 0.630. The monoisotopic (exact) mass is 158 g/mol. The second kappa shape index (κ2) is 5.59. The molecule has 11 heavy (non-hydrogen) atoms. The van der Waals surface area contributed by atoms with Crippen molar-refractivity contribution in [2.45, 2.75) is 52.9 Å². The molecule has 0 aromatic carbocycles. The van der Waals surface area contributed by atoms with Gasteiger partial charge in [-0.1, -0.05) is 33.6 Å². The normalized spacial score (nSPS) is 12.0. The first-order valence-electron chi connectivity index (χ1n) is 4.79. The van der Waals surface area contributed by atoms with Crippen molar-refractivity contribution in [2.24, 2.45) is 5.41 Å². The zero-order valence-electron chi connectivity index (χ0n) is 8.19. The number of hydrogen-bond donors (Lipinski definition) is 1. The van der Waals surface area contributed by atoms with Gasteiger partial charge in [-0.25, -0.2) is 0 Å². The molecule has 0 aromatic rings.